The molecule has 0 aliphatic carbocycles. The molecule has 0 saturated carbocycles. The third-order valence-corrected chi connectivity index (χ3v) is 7.76. The summed E-state index contributed by atoms with van der Waals surface area (Å²) in [6.45, 7) is 4.55. The van der Waals surface area contributed by atoms with Gasteiger partial charge in [-0.15, -0.1) is 11.8 Å². The molecule has 4 nitrogen and oxygen atoms in total. The van der Waals surface area contributed by atoms with Gasteiger partial charge in [0.05, 0.1) is 17.3 Å². The molecular weight excluding hydrogens is 378 g/mol. The largest absolute Gasteiger partial charge is 0.334 e. The Morgan fingerprint density at radius 3 is 2.52 bits per heavy atom. The highest BCUT2D eigenvalue weighted by atomic mass is 32.2. The highest BCUT2D eigenvalue weighted by Crippen LogP contribution is 2.26. The number of amides is 1. The molecule has 1 atom stereocenters. The summed E-state index contributed by atoms with van der Waals surface area (Å²) in [5.41, 5.74) is 3.38. The Morgan fingerprint density at radius 2 is 1.89 bits per heavy atom. The molecular formula is C21H25NO3S2. The standard InChI is InChI=1S/C21H25NO3S2/c1-16-8-9-20(17(2)12-16)26-14-21(23)22(13-18-6-4-3-5-7-18)19-10-11-27(24,25)15-19/h3-9,12,19H,10-11,13-15H2,1-2H3/t19-/m1/s1. The third-order valence-electron chi connectivity index (χ3n) is 4.85. The van der Waals surface area contributed by atoms with Crippen LogP contribution in [0.5, 0.6) is 0 Å². The maximum absolute atomic E-state index is 13.0. The zero-order chi connectivity index (χ0) is 19.4. The molecule has 1 aliphatic heterocycles. The smallest absolute Gasteiger partial charge is 0.233 e. The van der Waals surface area contributed by atoms with Gasteiger partial charge in [0, 0.05) is 17.5 Å². The molecule has 0 radical (unpaired) electrons. The van der Waals surface area contributed by atoms with Gasteiger partial charge in [-0.05, 0) is 37.5 Å². The number of carbonyl (C=O) groups excluding carboxylic acids is 1. The number of thioether (sulfide) groups is 1. The Balaban J connectivity index is 1.74. The molecule has 0 N–H and O–H groups in total. The maximum atomic E-state index is 13.0. The Hall–Kier alpha value is -1.79. The van der Waals surface area contributed by atoms with Crippen molar-refractivity contribution in [3.63, 3.8) is 0 Å². The normalized spacial score (nSPS) is 18.4. The predicted molar refractivity (Wildman–Crippen MR) is 111 cm³/mol. The van der Waals surface area contributed by atoms with Crippen LogP contribution in [-0.4, -0.2) is 42.5 Å². The second-order valence-corrected chi connectivity index (χ2v) is 10.4. The Morgan fingerprint density at radius 1 is 1.15 bits per heavy atom. The van der Waals surface area contributed by atoms with Gasteiger partial charge in [0.25, 0.3) is 0 Å². The van der Waals surface area contributed by atoms with Crippen LogP contribution in [0.2, 0.25) is 0 Å². The van der Waals surface area contributed by atoms with E-state index >= 15 is 0 Å². The molecule has 0 unspecified atom stereocenters. The van der Waals surface area contributed by atoms with Crippen LogP contribution in [0.25, 0.3) is 0 Å². The van der Waals surface area contributed by atoms with Crippen molar-refractivity contribution in [1.29, 1.82) is 0 Å². The average molecular weight is 404 g/mol. The molecule has 1 fully saturated rings. The van der Waals surface area contributed by atoms with Gasteiger partial charge in [0.2, 0.25) is 5.91 Å². The number of carbonyl (C=O) groups is 1. The topological polar surface area (TPSA) is 54.5 Å². The first-order valence-corrected chi connectivity index (χ1v) is 11.9. The first-order valence-electron chi connectivity index (χ1n) is 9.08. The van der Waals surface area contributed by atoms with Crippen molar-refractivity contribution in [1.82, 2.24) is 4.90 Å². The fourth-order valence-electron chi connectivity index (χ4n) is 3.41. The van der Waals surface area contributed by atoms with Crippen LogP contribution >= 0.6 is 11.8 Å². The van der Waals surface area contributed by atoms with Crippen LogP contribution in [0.4, 0.5) is 0 Å². The van der Waals surface area contributed by atoms with E-state index in [0.717, 1.165) is 16.0 Å². The van der Waals surface area contributed by atoms with Crippen LogP contribution < -0.4 is 0 Å². The first kappa shape index (κ1) is 20.0. The summed E-state index contributed by atoms with van der Waals surface area (Å²) < 4.78 is 23.9. The molecule has 0 aromatic heterocycles. The van der Waals surface area contributed by atoms with E-state index in [1.165, 1.54) is 17.3 Å². The monoisotopic (exact) mass is 403 g/mol. The number of hydrogen-bond donors (Lipinski definition) is 0. The molecule has 2 aromatic carbocycles. The van der Waals surface area contributed by atoms with Crippen molar-refractivity contribution < 1.29 is 13.2 Å². The zero-order valence-electron chi connectivity index (χ0n) is 15.7. The lowest BCUT2D eigenvalue weighted by atomic mass is 10.1. The molecule has 0 spiro atoms. The molecule has 1 aliphatic rings. The summed E-state index contributed by atoms with van der Waals surface area (Å²) in [7, 11) is -3.05. The van der Waals surface area contributed by atoms with Crippen LogP contribution in [0.1, 0.15) is 23.1 Å². The Labute approximate surface area is 165 Å². The van der Waals surface area contributed by atoms with Gasteiger partial charge in [-0.1, -0.05) is 48.0 Å². The van der Waals surface area contributed by atoms with E-state index in [0.29, 0.717) is 18.7 Å². The molecule has 1 heterocycles. The Kier molecular flexibility index (Phi) is 6.27. The number of nitrogens with zero attached hydrogens (tertiary/aromatic N) is 1. The zero-order valence-corrected chi connectivity index (χ0v) is 17.4. The maximum Gasteiger partial charge on any atom is 0.233 e. The number of sulfone groups is 1. The van der Waals surface area contributed by atoms with Crippen molar-refractivity contribution in [2.75, 3.05) is 17.3 Å². The number of rotatable bonds is 6. The predicted octanol–water partition coefficient (Wildman–Crippen LogP) is 3.61. The molecule has 2 aromatic rings. The van der Waals surface area contributed by atoms with E-state index in [4.69, 9.17) is 0 Å². The van der Waals surface area contributed by atoms with Crippen molar-refractivity contribution in [2.24, 2.45) is 0 Å². The third kappa shape index (κ3) is 5.36. The summed E-state index contributed by atoms with van der Waals surface area (Å²) in [5, 5.41) is 0. The van der Waals surface area contributed by atoms with Crippen LogP contribution in [0, 0.1) is 13.8 Å². The van der Waals surface area contributed by atoms with Gasteiger partial charge < -0.3 is 4.90 Å². The van der Waals surface area contributed by atoms with Crippen LogP contribution in [0.15, 0.2) is 53.4 Å². The van der Waals surface area contributed by atoms with Crippen molar-refractivity contribution in [3.8, 4) is 0 Å². The molecule has 27 heavy (non-hydrogen) atoms. The van der Waals surface area contributed by atoms with E-state index in [9.17, 15) is 13.2 Å². The summed E-state index contributed by atoms with van der Waals surface area (Å²) in [4.78, 5) is 15.9. The summed E-state index contributed by atoms with van der Waals surface area (Å²) >= 11 is 1.52. The minimum Gasteiger partial charge on any atom is -0.334 e. The first-order chi connectivity index (χ1) is 12.8. The fourth-order valence-corrected chi connectivity index (χ4v) is 6.03. The highest BCUT2D eigenvalue weighted by molar-refractivity contribution is 8.00. The van der Waals surface area contributed by atoms with Crippen molar-refractivity contribution in [2.45, 2.75) is 37.8 Å². The summed E-state index contributed by atoms with van der Waals surface area (Å²) in [6, 6.07) is 15.7. The average Bonchev–Trinajstić information content (AvgIpc) is 2.99. The SMILES string of the molecule is Cc1ccc(SCC(=O)N(Cc2ccccc2)[C@@H]2CCS(=O)(=O)C2)c(C)c1. The summed E-state index contributed by atoms with van der Waals surface area (Å²) in [5.74, 6) is 0.541. The molecule has 144 valence electrons. The van der Waals surface area contributed by atoms with Gasteiger partial charge in [0.15, 0.2) is 9.84 Å². The van der Waals surface area contributed by atoms with Crippen LogP contribution in [-0.2, 0) is 21.2 Å². The van der Waals surface area contributed by atoms with E-state index in [1.54, 1.807) is 4.90 Å². The van der Waals surface area contributed by atoms with Crippen LogP contribution in [0.3, 0.4) is 0 Å². The van der Waals surface area contributed by atoms with Crippen molar-refractivity contribution >= 4 is 27.5 Å². The lowest BCUT2D eigenvalue weighted by Gasteiger charge is -2.28. The molecule has 6 heteroatoms. The molecule has 1 saturated heterocycles. The van der Waals surface area contributed by atoms with Crippen molar-refractivity contribution in [3.05, 3.63) is 65.2 Å². The lowest BCUT2D eigenvalue weighted by molar-refractivity contribution is -0.130. The van der Waals surface area contributed by atoms with Gasteiger partial charge in [-0.3, -0.25) is 4.79 Å². The second kappa shape index (κ2) is 8.48. The molecule has 0 bridgehead atoms. The fraction of sp³-hybridized carbons (Fsp3) is 0.381. The lowest BCUT2D eigenvalue weighted by Crippen LogP contribution is -2.41. The second-order valence-electron chi connectivity index (χ2n) is 7.12. The number of aryl methyl sites for hydroxylation is 2. The quantitative estimate of drug-likeness (QED) is 0.692. The van der Waals surface area contributed by atoms with E-state index in [2.05, 4.69) is 13.0 Å². The molecule has 3 rings (SSSR count). The molecule has 1 amide bonds. The van der Waals surface area contributed by atoms with E-state index in [-0.39, 0.29) is 23.5 Å². The Bertz CT molecular complexity index is 910. The number of benzene rings is 2. The van der Waals surface area contributed by atoms with Gasteiger partial charge in [-0.25, -0.2) is 8.42 Å². The minimum absolute atomic E-state index is 0.00840. The minimum atomic E-state index is -3.05. The van der Waals surface area contributed by atoms with Gasteiger partial charge >= 0.3 is 0 Å². The van der Waals surface area contributed by atoms with E-state index < -0.39 is 9.84 Å². The van der Waals surface area contributed by atoms with Gasteiger partial charge in [0.1, 0.15) is 0 Å². The highest BCUT2D eigenvalue weighted by Gasteiger charge is 2.34. The number of hydrogen-bond acceptors (Lipinski definition) is 4. The summed E-state index contributed by atoms with van der Waals surface area (Å²) in [6.07, 6.45) is 0.523. The van der Waals surface area contributed by atoms with E-state index in [1.807, 2.05) is 49.4 Å². The van der Waals surface area contributed by atoms with Gasteiger partial charge in [-0.2, -0.15) is 0 Å².